The van der Waals surface area contributed by atoms with Gasteiger partial charge in [-0.15, -0.1) is 0 Å². The van der Waals surface area contributed by atoms with Gasteiger partial charge in [-0.1, -0.05) is 19.1 Å². The first-order chi connectivity index (χ1) is 10.0. The first-order valence-corrected chi connectivity index (χ1v) is 7.54. The fraction of sp³-hybridized carbons (Fsp3) is 0.625. The van der Waals surface area contributed by atoms with Crippen molar-refractivity contribution in [2.45, 2.75) is 50.9 Å². The van der Waals surface area contributed by atoms with Crippen LogP contribution in [0.5, 0.6) is 0 Å². The van der Waals surface area contributed by atoms with Crippen LogP contribution in [0.4, 0.5) is 13.2 Å². The maximum Gasteiger partial charge on any atom is 0.416 e. The zero-order valence-corrected chi connectivity index (χ0v) is 12.2. The van der Waals surface area contributed by atoms with E-state index in [4.69, 9.17) is 4.74 Å². The van der Waals surface area contributed by atoms with Gasteiger partial charge < -0.3 is 10.1 Å². The maximum atomic E-state index is 12.6. The Hall–Kier alpha value is -1.07. The van der Waals surface area contributed by atoms with Gasteiger partial charge in [-0.05, 0) is 49.9 Å². The Labute approximate surface area is 123 Å². The Balaban J connectivity index is 2.15. The monoisotopic (exact) mass is 301 g/mol. The first kappa shape index (κ1) is 16.3. The van der Waals surface area contributed by atoms with Crippen molar-refractivity contribution in [3.05, 3.63) is 35.4 Å². The Morgan fingerprint density at radius 3 is 2.48 bits per heavy atom. The quantitative estimate of drug-likeness (QED) is 0.874. The highest BCUT2D eigenvalue weighted by atomic mass is 19.4. The van der Waals surface area contributed by atoms with E-state index < -0.39 is 11.7 Å². The van der Waals surface area contributed by atoms with Gasteiger partial charge >= 0.3 is 6.18 Å². The second-order valence-corrected chi connectivity index (χ2v) is 5.46. The van der Waals surface area contributed by atoms with Gasteiger partial charge in [0.2, 0.25) is 0 Å². The third kappa shape index (κ3) is 4.45. The van der Waals surface area contributed by atoms with Gasteiger partial charge in [0.05, 0.1) is 17.7 Å². The van der Waals surface area contributed by atoms with Gasteiger partial charge in [-0.25, -0.2) is 0 Å². The van der Waals surface area contributed by atoms with Gasteiger partial charge in [0.15, 0.2) is 0 Å². The molecule has 1 fully saturated rings. The van der Waals surface area contributed by atoms with E-state index in [1.807, 2.05) is 0 Å². The van der Waals surface area contributed by atoms with Crippen molar-refractivity contribution < 1.29 is 17.9 Å². The fourth-order valence-electron chi connectivity index (χ4n) is 2.67. The van der Waals surface area contributed by atoms with E-state index in [1.54, 1.807) is 12.1 Å². The van der Waals surface area contributed by atoms with Crippen LogP contribution in [-0.4, -0.2) is 19.3 Å². The molecule has 118 valence electrons. The van der Waals surface area contributed by atoms with Gasteiger partial charge in [0.1, 0.15) is 0 Å². The molecule has 0 bridgehead atoms. The van der Waals surface area contributed by atoms with Crippen LogP contribution in [0.2, 0.25) is 0 Å². The van der Waals surface area contributed by atoms with Crippen molar-refractivity contribution >= 4 is 0 Å². The minimum absolute atomic E-state index is 0.0347. The van der Waals surface area contributed by atoms with Crippen molar-refractivity contribution in [2.75, 3.05) is 13.2 Å². The molecule has 1 N–H and O–H groups in total. The molecule has 1 aromatic rings. The second-order valence-electron chi connectivity index (χ2n) is 5.46. The van der Waals surface area contributed by atoms with Crippen LogP contribution >= 0.6 is 0 Å². The second kappa shape index (κ2) is 7.27. The predicted octanol–water partition coefficient (Wildman–Crippen LogP) is 4.32. The van der Waals surface area contributed by atoms with Crippen LogP contribution in [-0.2, 0) is 10.9 Å². The summed E-state index contributed by atoms with van der Waals surface area (Å²) < 4.78 is 43.7. The molecule has 21 heavy (non-hydrogen) atoms. The number of rotatable bonds is 5. The highest BCUT2D eigenvalue weighted by molar-refractivity contribution is 5.27. The van der Waals surface area contributed by atoms with Crippen molar-refractivity contribution in [3.8, 4) is 0 Å². The van der Waals surface area contributed by atoms with Gasteiger partial charge in [-0.2, -0.15) is 13.2 Å². The highest BCUT2D eigenvalue weighted by Crippen LogP contribution is 2.32. The maximum absolute atomic E-state index is 12.6. The Morgan fingerprint density at radius 2 is 1.95 bits per heavy atom. The van der Waals surface area contributed by atoms with E-state index in [-0.39, 0.29) is 12.1 Å². The summed E-state index contributed by atoms with van der Waals surface area (Å²) in [6.45, 7) is 3.62. The fourth-order valence-corrected chi connectivity index (χ4v) is 2.67. The number of nitrogens with one attached hydrogen (secondary N) is 1. The molecule has 1 heterocycles. The van der Waals surface area contributed by atoms with Crippen LogP contribution in [0.25, 0.3) is 0 Å². The van der Waals surface area contributed by atoms with Crippen LogP contribution < -0.4 is 5.32 Å². The third-order valence-electron chi connectivity index (χ3n) is 3.80. The first-order valence-electron chi connectivity index (χ1n) is 7.54. The molecule has 1 aromatic carbocycles. The standard InChI is InChI=1S/C16H22F3NO/c1-2-10-20-15(14-5-3-4-11-21-14)12-6-8-13(9-7-12)16(17,18)19/h6-9,14-15,20H,2-5,10-11H2,1H3. The van der Waals surface area contributed by atoms with E-state index in [9.17, 15) is 13.2 Å². The smallest absolute Gasteiger partial charge is 0.376 e. The number of halogens is 3. The minimum Gasteiger partial charge on any atom is -0.376 e. The zero-order chi connectivity index (χ0) is 15.3. The molecule has 0 radical (unpaired) electrons. The third-order valence-corrected chi connectivity index (χ3v) is 3.80. The summed E-state index contributed by atoms with van der Waals surface area (Å²) in [5.74, 6) is 0. The van der Waals surface area contributed by atoms with E-state index >= 15 is 0 Å². The molecule has 2 unspecified atom stereocenters. The molecule has 1 saturated heterocycles. The number of hydrogen-bond donors (Lipinski definition) is 1. The molecule has 1 aliphatic heterocycles. The van der Waals surface area contributed by atoms with Gasteiger partial charge in [0.25, 0.3) is 0 Å². The molecule has 1 aliphatic rings. The molecule has 2 atom stereocenters. The minimum atomic E-state index is -4.29. The lowest BCUT2D eigenvalue weighted by Gasteiger charge is -2.31. The lowest BCUT2D eigenvalue weighted by molar-refractivity contribution is -0.137. The molecule has 5 heteroatoms. The summed E-state index contributed by atoms with van der Waals surface area (Å²) in [5.41, 5.74) is 0.258. The largest absolute Gasteiger partial charge is 0.416 e. The van der Waals surface area contributed by atoms with Crippen LogP contribution in [0.3, 0.4) is 0 Å². The molecule has 0 aliphatic carbocycles. The van der Waals surface area contributed by atoms with E-state index in [0.29, 0.717) is 0 Å². The molecule has 0 amide bonds. The number of alkyl halides is 3. The molecule has 2 nitrogen and oxygen atoms in total. The SMILES string of the molecule is CCCNC(c1ccc(C(F)(F)F)cc1)C1CCCCO1. The van der Waals surface area contributed by atoms with Crippen LogP contribution in [0.1, 0.15) is 49.8 Å². The molecular formula is C16H22F3NO. The van der Waals surface area contributed by atoms with Crippen molar-refractivity contribution in [2.24, 2.45) is 0 Å². The average molecular weight is 301 g/mol. The van der Waals surface area contributed by atoms with Crippen LogP contribution in [0, 0.1) is 0 Å². The molecule has 0 saturated carbocycles. The van der Waals surface area contributed by atoms with E-state index in [1.165, 1.54) is 0 Å². The van der Waals surface area contributed by atoms with Crippen molar-refractivity contribution in [3.63, 3.8) is 0 Å². The summed E-state index contributed by atoms with van der Waals surface area (Å²) >= 11 is 0. The normalized spacial score (nSPS) is 21.2. The van der Waals surface area contributed by atoms with Gasteiger partial charge in [0, 0.05) is 6.61 Å². The molecule has 0 spiro atoms. The average Bonchev–Trinajstić information content (AvgIpc) is 2.48. The number of ether oxygens (including phenoxy) is 1. The Bertz CT molecular complexity index is 424. The summed E-state index contributed by atoms with van der Waals surface area (Å²) in [6, 6.07) is 5.40. The van der Waals surface area contributed by atoms with Gasteiger partial charge in [-0.3, -0.25) is 0 Å². The summed E-state index contributed by atoms with van der Waals surface area (Å²) in [7, 11) is 0. The van der Waals surface area contributed by atoms with Crippen molar-refractivity contribution in [1.29, 1.82) is 0 Å². The predicted molar refractivity (Wildman–Crippen MR) is 76.1 cm³/mol. The number of hydrogen-bond acceptors (Lipinski definition) is 2. The lowest BCUT2D eigenvalue weighted by Crippen LogP contribution is -2.36. The zero-order valence-electron chi connectivity index (χ0n) is 12.2. The molecular weight excluding hydrogens is 279 g/mol. The Kier molecular flexibility index (Phi) is 5.65. The topological polar surface area (TPSA) is 21.3 Å². The molecule has 2 rings (SSSR count). The van der Waals surface area contributed by atoms with Crippen LogP contribution in [0.15, 0.2) is 24.3 Å². The number of benzene rings is 1. The summed E-state index contributed by atoms with van der Waals surface area (Å²) in [6.07, 6.45) is -0.153. The van der Waals surface area contributed by atoms with Crippen molar-refractivity contribution in [1.82, 2.24) is 5.32 Å². The highest BCUT2D eigenvalue weighted by Gasteiger charge is 2.31. The Morgan fingerprint density at radius 1 is 1.24 bits per heavy atom. The summed E-state index contributed by atoms with van der Waals surface area (Å²) in [4.78, 5) is 0. The van der Waals surface area contributed by atoms with E-state index in [0.717, 1.165) is 56.5 Å². The molecule has 0 aromatic heterocycles. The van der Waals surface area contributed by atoms with E-state index in [2.05, 4.69) is 12.2 Å². The summed E-state index contributed by atoms with van der Waals surface area (Å²) in [5, 5.41) is 3.41. The lowest BCUT2D eigenvalue weighted by atomic mass is 9.95.